The van der Waals surface area contributed by atoms with Gasteiger partial charge >= 0.3 is 7.12 Å². The molecule has 2 aromatic heterocycles. The fourth-order valence-electron chi connectivity index (χ4n) is 1.98. The van der Waals surface area contributed by atoms with E-state index in [9.17, 15) is 0 Å². The molecule has 6 nitrogen and oxygen atoms in total. The van der Waals surface area contributed by atoms with Gasteiger partial charge in [0.1, 0.15) is 12.7 Å². The number of hydrogen-bond acceptors (Lipinski definition) is 5. The number of nitrogens with zero attached hydrogens (tertiary/aromatic N) is 4. The molecule has 0 amide bonds. The van der Waals surface area contributed by atoms with E-state index < -0.39 is 7.12 Å². The van der Waals surface area contributed by atoms with Crippen LogP contribution in [0, 0.1) is 0 Å². The Kier molecular flexibility index (Phi) is 2.91. The van der Waals surface area contributed by atoms with E-state index in [0.717, 1.165) is 5.46 Å². The van der Waals surface area contributed by atoms with Crippen LogP contribution in [0.15, 0.2) is 31.0 Å². The van der Waals surface area contributed by atoms with Gasteiger partial charge in [-0.3, -0.25) is 0 Å². The topological polar surface area (TPSA) is 62.1 Å². The van der Waals surface area contributed by atoms with E-state index in [4.69, 9.17) is 9.31 Å². The quantitative estimate of drug-likeness (QED) is 0.762. The molecule has 1 saturated heterocycles. The van der Waals surface area contributed by atoms with Gasteiger partial charge in [0.2, 0.25) is 0 Å². The van der Waals surface area contributed by atoms with Crippen molar-refractivity contribution in [1.82, 2.24) is 19.7 Å². The fourth-order valence-corrected chi connectivity index (χ4v) is 1.98. The Balaban J connectivity index is 1.83. The summed E-state index contributed by atoms with van der Waals surface area (Å²) in [4.78, 5) is 8.26. The lowest BCUT2D eigenvalue weighted by atomic mass is 9.80. The van der Waals surface area contributed by atoms with Gasteiger partial charge in [-0.15, -0.1) is 0 Å². The van der Waals surface area contributed by atoms with Crippen LogP contribution in [0.3, 0.4) is 0 Å². The highest BCUT2D eigenvalue weighted by Crippen LogP contribution is 2.36. The van der Waals surface area contributed by atoms with Gasteiger partial charge in [0, 0.05) is 11.7 Å². The van der Waals surface area contributed by atoms with Crippen LogP contribution in [0.2, 0.25) is 0 Å². The van der Waals surface area contributed by atoms with E-state index >= 15 is 0 Å². The Bertz CT molecular complexity index is 579. The van der Waals surface area contributed by atoms with E-state index in [1.807, 2.05) is 39.8 Å². The molecule has 20 heavy (non-hydrogen) atoms. The van der Waals surface area contributed by atoms with Crippen molar-refractivity contribution in [3.05, 3.63) is 31.0 Å². The molecule has 0 N–H and O–H groups in total. The van der Waals surface area contributed by atoms with Crippen molar-refractivity contribution in [2.75, 3.05) is 0 Å². The molecule has 3 rings (SSSR count). The van der Waals surface area contributed by atoms with Crippen molar-refractivity contribution in [1.29, 1.82) is 0 Å². The molecule has 2 aromatic rings. The summed E-state index contributed by atoms with van der Waals surface area (Å²) in [5.41, 5.74) is 0.206. The third-order valence-electron chi connectivity index (χ3n) is 3.95. The molecule has 1 fully saturated rings. The highest BCUT2D eigenvalue weighted by Gasteiger charge is 2.51. The van der Waals surface area contributed by atoms with Gasteiger partial charge in [0.15, 0.2) is 5.82 Å². The van der Waals surface area contributed by atoms with Crippen molar-refractivity contribution in [3.8, 4) is 5.82 Å². The molecule has 0 aromatic carbocycles. The summed E-state index contributed by atoms with van der Waals surface area (Å²) < 4.78 is 13.6. The van der Waals surface area contributed by atoms with Gasteiger partial charge in [-0.05, 0) is 33.8 Å². The molecule has 0 bridgehead atoms. The van der Waals surface area contributed by atoms with Crippen molar-refractivity contribution < 1.29 is 9.31 Å². The maximum atomic E-state index is 5.98. The molecule has 0 spiro atoms. The summed E-state index contributed by atoms with van der Waals surface area (Å²) in [6.07, 6.45) is 4.83. The van der Waals surface area contributed by atoms with Crippen LogP contribution in [0.1, 0.15) is 27.7 Å². The highest BCUT2D eigenvalue weighted by atomic mass is 16.7. The monoisotopic (exact) mass is 272 g/mol. The molecule has 1 aliphatic heterocycles. The highest BCUT2D eigenvalue weighted by molar-refractivity contribution is 6.62. The summed E-state index contributed by atoms with van der Waals surface area (Å²) in [6, 6.07) is 3.81. The van der Waals surface area contributed by atoms with Gasteiger partial charge in [0.05, 0.1) is 11.2 Å². The van der Waals surface area contributed by atoms with E-state index in [-0.39, 0.29) is 11.2 Å². The number of rotatable bonds is 2. The Morgan fingerprint density at radius 3 is 2.30 bits per heavy atom. The minimum atomic E-state index is -0.391. The zero-order valence-electron chi connectivity index (χ0n) is 12.1. The SMILES string of the molecule is CC1(C)OB(c2ccc(-n3cncn3)nc2)OC1(C)C. The van der Waals surface area contributed by atoms with Gasteiger partial charge < -0.3 is 9.31 Å². The average molecular weight is 272 g/mol. The van der Waals surface area contributed by atoms with Crippen molar-refractivity contribution in [2.45, 2.75) is 38.9 Å². The lowest BCUT2D eigenvalue weighted by Crippen LogP contribution is -2.41. The Morgan fingerprint density at radius 2 is 1.80 bits per heavy atom. The van der Waals surface area contributed by atoms with Crippen LogP contribution in [0.5, 0.6) is 0 Å². The molecule has 0 saturated carbocycles. The third kappa shape index (κ3) is 2.12. The molecule has 7 heteroatoms. The van der Waals surface area contributed by atoms with Crippen LogP contribution in [-0.2, 0) is 9.31 Å². The second kappa shape index (κ2) is 4.39. The van der Waals surface area contributed by atoms with Crippen molar-refractivity contribution in [2.24, 2.45) is 0 Å². The minimum absolute atomic E-state index is 0.345. The Labute approximate surface area is 118 Å². The first-order valence-electron chi connectivity index (χ1n) is 6.56. The van der Waals surface area contributed by atoms with Crippen molar-refractivity contribution >= 4 is 12.6 Å². The summed E-state index contributed by atoms with van der Waals surface area (Å²) >= 11 is 0. The van der Waals surface area contributed by atoms with E-state index in [0.29, 0.717) is 5.82 Å². The third-order valence-corrected chi connectivity index (χ3v) is 3.95. The first-order valence-corrected chi connectivity index (χ1v) is 6.56. The van der Waals surface area contributed by atoms with Gasteiger partial charge in [-0.1, -0.05) is 6.07 Å². The first-order chi connectivity index (χ1) is 9.39. The van der Waals surface area contributed by atoms with Gasteiger partial charge in [0.25, 0.3) is 0 Å². The summed E-state index contributed by atoms with van der Waals surface area (Å²) in [6.45, 7) is 8.13. The molecule has 104 valence electrons. The van der Waals surface area contributed by atoms with E-state index in [1.165, 1.54) is 6.33 Å². The zero-order valence-corrected chi connectivity index (χ0v) is 12.1. The van der Waals surface area contributed by atoms with Crippen LogP contribution in [0.25, 0.3) is 5.82 Å². The maximum absolute atomic E-state index is 5.98. The van der Waals surface area contributed by atoms with E-state index in [1.54, 1.807) is 17.2 Å². The van der Waals surface area contributed by atoms with Crippen LogP contribution in [0.4, 0.5) is 0 Å². The standard InChI is InChI=1S/C13H17BN4O2/c1-12(2)13(3,4)20-14(19-12)10-5-6-11(16-7-10)18-9-15-8-17-18/h5-9H,1-4H3. The van der Waals surface area contributed by atoms with Crippen LogP contribution in [-0.4, -0.2) is 38.1 Å². The van der Waals surface area contributed by atoms with Crippen LogP contribution < -0.4 is 5.46 Å². The fraction of sp³-hybridized carbons (Fsp3) is 0.462. The molecule has 0 aliphatic carbocycles. The smallest absolute Gasteiger partial charge is 0.399 e. The maximum Gasteiger partial charge on any atom is 0.496 e. The predicted octanol–water partition coefficient (Wildman–Crippen LogP) is 0.961. The predicted molar refractivity (Wildman–Crippen MR) is 74.9 cm³/mol. The Hall–Kier alpha value is -1.73. The molecule has 0 unspecified atom stereocenters. The average Bonchev–Trinajstić information content (AvgIpc) is 2.97. The second-order valence-electron chi connectivity index (χ2n) is 5.88. The molecular formula is C13H17BN4O2. The molecule has 1 aliphatic rings. The molecule has 0 atom stereocenters. The van der Waals surface area contributed by atoms with E-state index in [2.05, 4.69) is 15.1 Å². The first kappa shape index (κ1) is 13.3. The minimum Gasteiger partial charge on any atom is -0.399 e. The zero-order chi connectivity index (χ0) is 14.4. The number of pyridine rings is 1. The van der Waals surface area contributed by atoms with Gasteiger partial charge in [-0.2, -0.15) is 5.10 Å². The summed E-state index contributed by atoms with van der Waals surface area (Å²) in [7, 11) is -0.391. The lowest BCUT2D eigenvalue weighted by molar-refractivity contribution is 0.00578. The lowest BCUT2D eigenvalue weighted by Gasteiger charge is -2.32. The molecular weight excluding hydrogens is 255 g/mol. The van der Waals surface area contributed by atoms with Gasteiger partial charge in [-0.25, -0.2) is 14.6 Å². The second-order valence-corrected chi connectivity index (χ2v) is 5.88. The molecule has 0 radical (unpaired) electrons. The van der Waals surface area contributed by atoms with Crippen molar-refractivity contribution in [3.63, 3.8) is 0 Å². The Morgan fingerprint density at radius 1 is 1.10 bits per heavy atom. The number of hydrogen-bond donors (Lipinski definition) is 0. The number of aromatic nitrogens is 4. The molecule has 3 heterocycles. The largest absolute Gasteiger partial charge is 0.496 e. The van der Waals surface area contributed by atoms with Crippen LogP contribution >= 0.6 is 0 Å². The summed E-state index contributed by atoms with van der Waals surface area (Å²) in [5.74, 6) is 0.711. The normalized spacial score (nSPS) is 20.3. The summed E-state index contributed by atoms with van der Waals surface area (Å²) in [5, 5.41) is 4.04.